The van der Waals surface area contributed by atoms with Gasteiger partial charge in [-0.15, -0.1) is 6.58 Å². The standard InChI is InChI=1S/C57H75N3O11/c1-4-7-8-9-10-11-12-13-14-21-54(63)59(38-42-24-28-51-52(34-42)68-40-67-51)53-37-49(58-70-39-41-22-25-44(26-23-41)60(64)65)47-35-43(19-15-17-30-61)46(20-16-18-31-62)55-48-36-45(66-32-5-2)27-29-50(48)71-57(53,56(47)55)69-33-6-3/h5-6,22-29,34-36,43,46,53,55-56,61-62H,2-4,7-21,30-33,37-40H2,1H3. The molecule has 0 radical (unpaired) electrons. The van der Waals surface area contributed by atoms with E-state index in [4.69, 9.17) is 33.7 Å². The summed E-state index contributed by atoms with van der Waals surface area (Å²) in [5, 5.41) is 36.5. The minimum absolute atomic E-state index is 0.0181. The first-order chi connectivity index (χ1) is 34.7. The highest BCUT2D eigenvalue weighted by Crippen LogP contribution is 2.62. The highest BCUT2D eigenvalue weighted by Gasteiger charge is 2.65. The molecule has 384 valence electrons. The van der Waals surface area contributed by atoms with Crippen LogP contribution in [-0.2, 0) is 27.5 Å². The molecule has 2 heterocycles. The van der Waals surface area contributed by atoms with Crippen molar-refractivity contribution in [3.63, 3.8) is 0 Å². The number of ether oxygens (including phenoxy) is 5. The van der Waals surface area contributed by atoms with Crippen LogP contribution in [0.3, 0.4) is 0 Å². The lowest BCUT2D eigenvalue weighted by Crippen LogP contribution is -2.70. The van der Waals surface area contributed by atoms with E-state index in [0.29, 0.717) is 60.1 Å². The Bertz CT molecular complexity index is 2300. The van der Waals surface area contributed by atoms with Gasteiger partial charge >= 0.3 is 0 Å². The summed E-state index contributed by atoms with van der Waals surface area (Å²) in [7, 11) is 0. The fraction of sp³-hybridized carbons (Fsp3) is 0.544. The number of non-ortho nitro benzene ring substituents is 1. The number of aliphatic hydroxyl groups is 2. The number of nitro benzene ring substituents is 1. The van der Waals surface area contributed by atoms with Crippen LogP contribution in [0.5, 0.6) is 23.0 Å². The number of benzene rings is 3. The van der Waals surface area contributed by atoms with E-state index in [2.05, 4.69) is 32.2 Å². The molecule has 6 atom stereocenters. The molecule has 3 aromatic carbocycles. The van der Waals surface area contributed by atoms with Crippen LogP contribution in [0.2, 0.25) is 0 Å². The summed E-state index contributed by atoms with van der Waals surface area (Å²) >= 11 is 0. The number of rotatable bonds is 31. The lowest BCUT2D eigenvalue weighted by atomic mass is 9.55. The summed E-state index contributed by atoms with van der Waals surface area (Å²) < 4.78 is 32.5. The number of aliphatic hydroxyl groups excluding tert-OH is 2. The molecule has 1 fully saturated rings. The average Bonchev–Trinajstić information content (AvgIpc) is 3.86. The van der Waals surface area contributed by atoms with Crippen molar-refractivity contribution < 1.29 is 48.5 Å². The SMILES string of the molecule is C=CCOc1ccc2c(c1)C1C(CCCCO)C(CCCCO)C=C3C(=NOCc4ccc([N+](=O)[O-])cc4)CC(N(Cc4ccc5c(c4)OCO5)C(=O)CCCCCCCCCCC)C(OCC=C)(O2)C31. The van der Waals surface area contributed by atoms with Crippen LogP contribution in [0.1, 0.15) is 139 Å². The summed E-state index contributed by atoms with van der Waals surface area (Å²) in [5.74, 6) is 0.388. The lowest BCUT2D eigenvalue weighted by Gasteiger charge is -2.60. The first-order valence-corrected chi connectivity index (χ1v) is 26.1. The number of allylic oxidation sites excluding steroid dienone is 1. The van der Waals surface area contributed by atoms with Crippen molar-refractivity contribution in [1.82, 2.24) is 4.90 Å². The molecule has 2 aliphatic heterocycles. The molecule has 71 heavy (non-hydrogen) atoms. The van der Waals surface area contributed by atoms with Gasteiger partial charge in [-0.2, -0.15) is 0 Å². The molecule has 2 aliphatic carbocycles. The number of nitrogens with zero attached hydrogens (tertiary/aromatic N) is 3. The van der Waals surface area contributed by atoms with Crippen molar-refractivity contribution >= 4 is 17.3 Å². The zero-order valence-electron chi connectivity index (χ0n) is 41.7. The van der Waals surface area contributed by atoms with Crippen molar-refractivity contribution in [3.05, 3.63) is 124 Å². The maximum atomic E-state index is 15.4. The Hall–Kier alpha value is -5.70. The molecule has 0 saturated heterocycles. The normalized spacial score (nSPS) is 22.2. The van der Waals surface area contributed by atoms with Gasteiger partial charge in [-0.1, -0.05) is 107 Å². The zero-order chi connectivity index (χ0) is 50.0. The number of fused-ring (bicyclic) bond motifs is 3. The highest BCUT2D eigenvalue weighted by atomic mass is 16.7. The smallest absolute Gasteiger partial charge is 0.269 e. The van der Waals surface area contributed by atoms with E-state index >= 15 is 4.79 Å². The summed E-state index contributed by atoms with van der Waals surface area (Å²) in [6, 6.07) is 17.2. The summed E-state index contributed by atoms with van der Waals surface area (Å²) in [6.45, 7) is 11.2. The van der Waals surface area contributed by atoms with Crippen LogP contribution in [0.15, 0.2) is 103 Å². The average molecular weight is 978 g/mol. The Labute approximate surface area is 419 Å². The third-order valence-corrected chi connectivity index (χ3v) is 14.5. The third-order valence-electron chi connectivity index (χ3n) is 14.5. The van der Waals surface area contributed by atoms with Crippen LogP contribution in [-0.4, -0.2) is 76.7 Å². The molecule has 2 N–H and O–H groups in total. The minimum Gasteiger partial charge on any atom is -0.490 e. The van der Waals surface area contributed by atoms with Gasteiger partial charge in [-0.3, -0.25) is 14.9 Å². The van der Waals surface area contributed by atoms with Crippen molar-refractivity contribution in [2.24, 2.45) is 22.9 Å². The van der Waals surface area contributed by atoms with Crippen LogP contribution in [0.25, 0.3) is 0 Å². The number of carbonyl (C=O) groups is 1. The number of hydrogen-bond acceptors (Lipinski definition) is 12. The van der Waals surface area contributed by atoms with Crippen LogP contribution in [0, 0.1) is 27.9 Å². The summed E-state index contributed by atoms with van der Waals surface area (Å²) in [6.07, 6.45) is 20.8. The van der Waals surface area contributed by atoms with Gasteiger partial charge in [0.15, 0.2) is 11.5 Å². The molecule has 14 heteroatoms. The molecule has 1 saturated carbocycles. The Balaban J connectivity index is 1.37. The number of unbranched alkanes of at least 4 members (excludes halogenated alkanes) is 10. The van der Waals surface area contributed by atoms with Gasteiger partial charge in [-0.05, 0) is 103 Å². The van der Waals surface area contributed by atoms with Gasteiger partial charge < -0.3 is 43.6 Å². The maximum absolute atomic E-state index is 15.4. The van der Waals surface area contributed by atoms with E-state index in [-0.39, 0.29) is 75.5 Å². The monoisotopic (exact) mass is 978 g/mol. The maximum Gasteiger partial charge on any atom is 0.269 e. The van der Waals surface area contributed by atoms with Gasteiger partial charge in [0.25, 0.3) is 5.69 Å². The molecule has 7 rings (SSSR count). The second kappa shape index (κ2) is 26.7. The molecule has 4 aliphatic rings. The van der Waals surface area contributed by atoms with E-state index in [1.165, 1.54) is 44.2 Å². The zero-order valence-corrected chi connectivity index (χ0v) is 41.7. The number of carbonyl (C=O) groups excluding carboxylic acids is 1. The fourth-order valence-electron chi connectivity index (χ4n) is 11.1. The fourth-order valence-corrected chi connectivity index (χ4v) is 11.1. The van der Waals surface area contributed by atoms with Gasteiger partial charge in [0, 0.05) is 56.2 Å². The van der Waals surface area contributed by atoms with E-state index in [0.717, 1.165) is 68.1 Å². The predicted octanol–water partition coefficient (Wildman–Crippen LogP) is 11.7. The van der Waals surface area contributed by atoms with Crippen LogP contribution < -0.4 is 18.9 Å². The van der Waals surface area contributed by atoms with Gasteiger partial charge in [0.1, 0.15) is 30.8 Å². The topological polar surface area (TPSA) is 172 Å². The molecule has 14 nitrogen and oxygen atoms in total. The quantitative estimate of drug-likeness (QED) is 0.0272. The van der Waals surface area contributed by atoms with Crippen LogP contribution in [0.4, 0.5) is 5.69 Å². The van der Waals surface area contributed by atoms with Crippen molar-refractivity contribution in [3.8, 4) is 23.0 Å². The molecule has 6 unspecified atom stereocenters. The van der Waals surface area contributed by atoms with Crippen molar-refractivity contribution in [2.45, 2.75) is 147 Å². The molecule has 0 bridgehead atoms. The molecular weight excluding hydrogens is 903 g/mol. The van der Waals surface area contributed by atoms with Crippen molar-refractivity contribution in [1.29, 1.82) is 0 Å². The largest absolute Gasteiger partial charge is 0.490 e. The number of nitro groups is 1. The Morgan fingerprint density at radius 1 is 0.845 bits per heavy atom. The summed E-state index contributed by atoms with van der Waals surface area (Å²) in [5.41, 5.74) is 4.06. The molecule has 3 aromatic rings. The first kappa shape index (κ1) is 53.1. The van der Waals surface area contributed by atoms with Crippen LogP contribution >= 0.6 is 0 Å². The molecule has 1 amide bonds. The van der Waals surface area contributed by atoms with E-state index in [9.17, 15) is 20.3 Å². The highest BCUT2D eigenvalue weighted by molar-refractivity contribution is 6.03. The van der Waals surface area contributed by atoms with E-state index < -0.39 is 22.7 Å². The first-order valence-electron chi connectivity index (χ1n) is 26.1. The summed E-state index contributed by atoms with van der Waals surface area (Å²) in [4.78, 5) is 34.6. The van der Waals surface area contributed by atoms with E-state index in [1.807, 2.05) is 35.2 Å². The second-order valence-electron chi connectivity index (χ2n) is 19.4. The Morgan fingerprint density at radius 3 is 2.25 bits per heavy atom. The predicted molar refractivity (Wildman–Crippen MR) is 273 cm³/mol. The van der Waals surface area contributed by atoms with Gasteiger partial charge in [0.2, 0.25) is 18.5 Å². The molecule has 0 spiro atoms. The van der Waals surface area contributed by atoms with Gasteiger partial charge in [-0.25, -0.2) is 0 Å². The Kier molecular flexibility index (Phi) is 19.9. The molecule has 0 aromatic heterocycles. The second-order valence-corrected chi connectivity index (χ2v) is 19.4. The molecular formula is C57H75N3O11. The number of hydrogen-bond donors (Lipinski definition) is 2. The lowest BCUT2D eigenvalue weighted by molar-refractivity contribution is -0.384. The Morgan fingerprint density at radius 2 is 1.54 bits per heavy atom. The number of oxime groups is 1. The third kappa shape index (κ3) is 13.2. The van der Waals surface area contributed by atoms with E-state index in [1.54, 1.807) is 24.3 Å². The number of amides is 1. The minimum atomic E-state index is -1.45. The van der Waals surface area contributed by atoms with Gasteiger partial charge in [0.05, 0.1) is 23.2 Å². The van der Waals surface area contributed by atoms with Crippen molar-refractivity contribution in [2.75, 3.05) is 33.2 Å².